The second-order valence-corrected chi connectivity index (χ2v) is 3.62. The molecule has 0 N–H and O–H groups in total. The van der Waals surface area contributed by atoms with E-state index in [0.29, 0.717) is 3.57 Å². The molecule has 1 rings (SSSR count). The lowest BCUT2D eigenvalue weighted by molar-refractivity contribution is 0.548. The van der Waals surface area contributed by atoms with Gasteiger partial charge in [-0.3, -0.25) is 4.68 Å². The molecule has 0 spiro atoms. The third kappa shape index (κ3) is 1.36. The van der Waals surface area contributed by atoms with E-state index >= 15 is 0 Å². The van der Waals surface area contributed by atoms with Crippen molar-refractivity contribution in [1.82, 2.24) is 9.78 Å². The molecule has 0 aliphatic heterocycles. The first-order chi connectivity index (χ1) is 4.13. The molecular weight excluding hydrogens is 349 g/mol. The molecule has 9 heavy (non-hydrogen) atoms. The number of hydrogen-bond donors (Lipinski definition) is 0. The lowest BCUT2D eigenvalue weighted by atomic mass is 10.7. The maximum Gasteiger partial charge on any atom is 0.247 e. The molecule has 5 heteroatoms. The van der Waals surface area contributed by atoms with E-state index in [4.69, 9.17) is 0 Å². The van der Waals surface area contributed by atoms with E-state index in [1.165, 1.54) is 4.68 Å². The van der Waals surface area contributed by atoms with Gasteiger partial charge in [0.15, 0.2) is 0 Å². The number of aryl methyl sites for hydroxylation is 1. The van der Waals surface area contributed by atoms with Crippen molar-refractivity contribution in [2.75, 3.05) is 0 Å². The molecule has 0 radical (unpaired) electrons. The fourth-order valence-corrected chi connectivity index (χ4v) is 1.23. The van der Waals surface area contributed by atoms with Crippen LogP contribution in [0.25, 0.3) is 0 Å². The predicted octanol–water partition coefficient (Wildman–Crippen LogP) is 1.77. The van der Waals surface area contributed by atoms with Crippen LogP contribution in [0.2, 0.25) is 0 Å². The van der Waals surface area contributed by atoms with Crippen LogP contribution in [0.15, 0.2) is 0 Å². The van der Waals surface area contributed by atoms with E-state index < -0.39 is 0 Å². The van der Waals surface area contributed by atoms with Crippen LogP contribution in [0, 0.1) is 13.2 Å². The van der Waals surface area contributed by atoms with Gasteiger partial charge in [-0.25, -0.2) is 0 Å². The molecule has 0 amide bonds. The van der Waals surface area contributed by atoms with Gasteiger partial charge in [-0.05, 0) is 45.2 Å². The number of hydrogen-bond acceptors (Lipinski definition) is 1. The summed E-state index contributed by atoms with van der Waals surface area (Å²) < 4.78 is 15.4. The Balaban J connectivity index is 3.29. The van der Waals surface area contributed by atoms with Gasteiger partial charge in [0.05, 0.1) is 0 Å². The summed E-state index contributed by atoms with van der Waals surface area (Å²) in [5.74, 6) is -0.387. The SMILES string of the molecule is Cn1nc(F)c(I)c1I. The van der Waals surface area contributed by atoms with Crippen molar-refractivity contribution in [3.8, 4) is 0 Å². The van der Waals surface area contributed by atoms with Crippen LogP contribution in [-0.4, -0.2) is 9.78 Å². The molecular formula is C4H3FI2N2. The minimum atomic E-state index is -0.387. The molecule has 2 nitrogen and oxygen atoms in total. The van der Waals surface area contributed by atoms with Crippen LogP contribution in [0.4, 0.5) is 4.39 Å². The van der Waals surface area contributed by atoms with Crippen LogP contribution in [0.3, 0.4) is 0 Å². The van der Waals surface area contributed by atoms with Crippen LogP contribution in [0.5, 0.6) is 0 Å². The lowest BCUT2D eigenvalue weighted by Crippen LogP contribution is -1.92. The van der Waals surface area contributed by atoms with E-state index in [1.807, 2.05) is 45.2 Å². The molecule has 0 atom stereocenters. The van der Waals surface area contributed by atoms with Crippen LogP contribution in [0.1, 0.15) is 0 Å². The van der Waals surface area contributed by atoms with Gasteiger partial charge in [0.25, 0.3) is 0 Å². The van der Waals surface area contributed by atoms with E-state index in [2.05, 4.69) is 5.10 Å². The maximum atomic E-state index is 12.5. The van der Waals surface area contributed by atoms with Crippen molar-refractivity contribution < 1.29 is 4.39 Å². The van der Waals surface area contributed by atoms with Crippen molar-refractivity contribution in [3.05, 3.63) is 13.2 Å². The highest BCUT2D eigenvalue weighted by Crippen LogP contribution is 2.15. The van der Waals surface area contributed by atoms with Gasteiger partial charge < -0.3 is 0 Å². The zero-order valence-electron chi connectivity index (χ0n) is 4.53. The fraction of sp³-hybridized carbons (Fsp3) is 0.250. The summed E-state index contributed by atoms with van der Waals surface area (Å²) in [5, 5.41) is 3.55. The van der Waals surface area contributed by atoms with Crippen LogP contribution >= 0.6 is 45.2 Å². The summed E-state index contributed by atoms with van der Waals surface area (Å²) in [6, 6.07) is 0. The van der Waals surface area contributed by atoms with E-state index in [-0.39, 0.29) is 5.95 Å². The van der Waals surface area contributed by atoms with Gasteiger partial charge in [0.1, 0.15) is 7.27 Å². The fourth-order valence-electron chi connectivity index (χ4n) is 0.447. The Hall–Kier alpha value is 0.600. The summed E-state index contributed by atoms with van der Waals surface area (Å²) in [5.41, 5.74) is 0. The standard InChI is InChI=1S/C4H3FI2N2/c1-9-4(7)2(6)3(5)8-9/h1H3. The predicted molar refractivity (Wildman–Crippen MR) is 48.6 cm³/mol. The monoisotopic (exact) mass is 352 g/mol. The summed E-state index contributed by atoms with van der Waals surface area (Å²) >= 11 is 3.97. The first-order valence-corrected chi connectivity index (χ1v) is 4.32. The highest BCUT2D eigenvalue weighted by atomic mass is 127. The molecule has 50 valence electrons. The van der Waals surface area contributed by atoms with Gasteiger partial charge in [0.2, 0.25) is 5.95 Å². The Morgan fingerprint density at radius 3 is 2.22 bits per heavy atom. The number of rotatable bonds is 0. The van der Waals surface area contributed by atoms with Crippen LogP contribution in [-0.2, 0) is 7.05 Å². The average molecular weight is 352 g/mol. The molecule has 0 saturated heterocycles. The van der Waals surface area contributed by atoms with Crippen molar-refractivity contribution in [3.63, 3.8) is 0 Å². The van der Waals surface area contributed by atoms with Crippen molar-refractivity contribution in [2.45, 2.75) is 0 Å². The van der Waals surface area contributed by atoms with Crippen LogP contribution < -0.4 is 0 Å². The number of halogens is 3. The summed E-state index contributed by atoms with van der Waals surface area (Å²) in [6.45, 7) is 0. The normalized spacial score (nSPS) is 10.2. The Morgan fingerprint density at radius 2 is 2.11 bits per heavy atom. The number of aromatic nitrogens is 2. The second kappa shape index (κ2) is 2.69. The quantitative estimate of drug-likeness (QED) is 0.651. The van der Waals surface area contributed by atoms with Crippen molar-refractivity contribution in [2.24, 2.45) is 7.05 Å². The summed E-state index contributed by atoms with van der Waals surface area (Å²) in [6.07, 6.45) is 0. The highest BCUT2D eigenvalue weighted by molar-refractivity contribution is 14.1. The average Bonchev–Trinajstić information content (AvgIpc) is 1.98. The van der Waals surface area contributed by atoms with Gasteiger partial charge >= 0.3 is 0 Å². The Bertz CT molecular complexity index is 210. The smallest absolute Gasteiger partial charge is 0.247 e. The third-order valence-corrected chi connectivity index (χ3v) is 4.11. The molecule has 1 heterocycles. The Kier molecular flexibility index (Phi) is 2.30. The molecule has 0 aromatic carbocycles. The highest BCUT2D eigenvalue weighted by Gasteiger charge is 2.08. The maximum absolute atomic E-state index is 12.5. The molecule has 0 unspecified atom stereocenters. The van der Waals surface area contributed by atoms with Crippen molar-refractivity contribution in [1.29, 1.82) is 0 Å². The van der Waals surface area contributed by atoms with Gasteiger partial charge in [-0.15, -0.1) is 5.10 Å². The second-order valence-electron chi connectivity index (χ2n) is 1.52. The van der Waals surface area contributed by atoms with Gasteiger partial charge in [-0.2, -0.15) is 4.39 Å². The lowest BCUT2D eigenvalue weighted by Gasteiger charge is -1.86. The largest absolute Gasteiger partial charge is 0.258 e. The summed E-state index contributed by atoms with van der Waals surface area (Å²) in [4.78, 5) is 0. The first kappa shape index (κ1) is 7.70. The van der Waals surface area contributed by atoms with Crippen molar-refractivity contribution >= 4 is 45.2 Å². The first-order valence-electron chi connectivity index (χ1n) is 2.16. The molecule has 0 saturated carbocycles. The van der Waals surface area contributed by atoms with E-state index in [9.17, 15) is 4.39 Å². The topological polar surface area (TPSA) is 17.8 Å². The van der Waals surface area contributed by atoms with Gasteiger partial charge in [-0.1, -0.05) is 0 Å². The zero-order chi connectivity index (χ0) is 7.02. The van der Waals surface area contributed by atoms with E-state index in [0.717, 1.165) is 3.70 Å². The molecule has 0 fully saturated rings. The Morgan fingerprint density at radius 1 is 1.56 bits per heavy atom. The molecule has 1 aromatic rings. The minimum Gasteiger partial charge on any atom is -0.258 e. The molecule has 0 bridgehead atoms. The number of nitrogens with zero attached hydrogens (tertiary/aromatic N) is 2. The minimum absolute atomic E-state index is 0.387. The summed E-state index contributed by atoms with van der Waals surface area (Å²) in [7, 11) is 1.72. The third-order valence-electron chi connectivity index (χ3n) is 0.884. The van der Waals surface area contributed by atoms with E-state index in [1.54, 1.807) is 7.05 Å². The zero-order valence-corrected chi connectivity index (χ0v) is 8.84. The Labute approximate surface area is 79.1 Å². The molecule has 0 aliphatic rings. The molecule has 0 aliphatic carbocycles. The molecule has 1 aromatic heterocycles. The van der Waals surface area contributed by atoms with Gasteiger partial charge in [0, 0.05) is 7.05 Å².